The molecule has 1 heterocycles. The van der Waals surface area contributed by atoms with Crippen LogP contribution in [0.2, 0.25) is 0 Å². The number of ether oxygens (including phenoxy) is 3. The third-order valence-corrected chi connectivity index (χ3v) is 5.26. The van der Waals surface area contributed by atoms with Gasteiger partial charge in [0.25, 0.3) is 5.91 Å². The van der Waals surface area contributed by atoms with Gasteiger partial charge in [0.1, 0.15) is 0 Å². The fraction of sp³-hybridized carbons (Fsp3) is 0.231. The van der Waals surface area contributed by atoms with Crippen LogP contribution in [0.25, 0.3) is 6.08 Å². The summed E-state index contributed by atoms with van der Waals surface area (Å²) in [5.74, 6) is 0.621. The average molecular weight is 462 g/mol. The molecule has 1 amide bonds. The van der Waals surface area contributed by atoms with E-state index in [1.54, 1.807) is 42.5 Å². The highest BCUT2D eigenvalue weighted by Gasteiger charge is 2.17. The molecule has 34 heavy (non-hydrogen) atoms. The fourth-order valence-electron chi connectivity index (χ4n) is 3.27. The molecule has 3 rings (SSSR count). The molecule has 176 valence electrons. The van der Waals surface area contributed by atoms with Crippen molar-refractivity contribution >= 4 is 23.5 Å². The number of methoxy groups -OCH3 is 3. The van der Waals surface area contributed by atoms with E-state index in [1.165, 1.54) is 27.4 Å². The third-order valence-electron chi connectivity index (χ3n) is 5.26. The molecular weight excluding hydrogens is 434 g/mol. The van der Waals surface area contributed by atoms with E-state index >= 15 is 0 Å². The second-order valence-corrected chi connectivity index (χ2v) is 7.51. The number of ketones is 1. The molecule has 1 N–H and O–H groups in total. The highest BCUT2D eigenvalue weighted by atomic mass is 16.5. The lowest BCUT2D eigenvalue weighted by Crippen LogP contribution is -2.12. The number of hydrogen-bond acceptors (Lipinski definition) is 7. The number of nitrogens with zero attached hydrogens (tertiary/aromatic N) is 2. The fourth-order valence-corrected chi connectivity index (χ4v) is 3.27. The summed E-state index contributed by atoms with van der Waals surface area (Å²) in [7, 11) is 4.46. The lowest BCUT2D eigenvalue weighted by molar-refractivity contribution is 0.102. The summed E-state index contributed by atoms with van der Waals surface area (Å²) in [6.45, 7) is 5.64. The quantitative estimate of drug-likeness (QED) is 0.387. The Kier molecular flexibility index (Phi) is 7.63. The second-order valence-electron chi connectivity index (χ2n) is 7.51. The van der Waals surface area contributed by atoms with Gasteiger partial charge in [-0.25, -0.2) is 4.98 Å². The van der Waals surface area contributed by atoms with Crippen molar-refractivity contribution in [2.24, 2.45) is 0 Å². The zero-order valence-corrected chi connectivity index (χ0v) is 20.1. The van der Waals surface area contributed by atoms with Crippen LogP contribution in [-0.2, 0) is 0 Å². The summed E-state index contributed by atoms with van der Waals surface area (Å²) in [5.41, 5.74) is 4.46. The molecule has 0 aliphatic rings. The van der Waals surface area contributed by atoms with Crippen molar-refractivity contribution in [2.45, 2.75) is 20.8 Å². The molecule has 0 unspecified atom stereocenters. The van der Waals surface area contributed by atoms with Crippen LogP contribution in [0.4, 0.5) is 5.69 Å². The van der Waals surface area contributed by atoms with Crippen molar-refractivity contribution < 1.29 is 23.8 Å². The van der Waals surface area contributed by atoms with Crippen LogP contribution in [0.3, 0.4) is 0 Å². The smallest absolute Gasteiger partial charge is 0.255 e. The van der Waals surface area contributed by atoms with E-state index in [-0.39, 0.29) is 11.7 Å². The van der Waals surface area contributed by atoms with E-state index in [2.05, 4.69) is 15.3 Å². The van der Waals surface area contributed by atoms with Gasteiger partial charge < -0.3 is 19.5 Å². The topological polar surface area (TPSA) is 99.6 Å². The highest BCUT2D eigenvalue weighted by Crippen LogP contribution is 2.38. The lowest BCUT2D eigenvalue weighted by Gasteiger charge is -2.14. The number of anilines is 1. The monoisotopic (exact) mass is 461 g/mol. The minimum absolute atomic E-state index is 0.179. The van der Waals surface area contributed by atoms with E-state index < -0.39 is 0 Å². The van der Waals surface area contributed by atoms with Crippen molar-refractivity contribution in [3.63, 3.8) is 0 Å². The van der Waals surface area contributed by atoms with Crippen molar-refractivity contribution in [3.05, 3.63) is 76.4 Å². The van der Waals surface area contributed by atoms with E-state index in [0.717, 1.165) is 17.1 Å². The van der Waals surface area contributed by atoms with Crippen LogP contribution < -0.4 is 19.5 Å². The van der Waals surface area contributed by atoms with Gasteiger partial charge in [-0.05, 0) is 69.3 Å². The number of benzene rings is 2. The lowest BCUT2D eigenvalue weighted by atomic mass is 10.1. The molecule has 0 spiro atoms. The van der Waals surface area contributed by atoms with Gasteiger partial charge in [-0.15, -0.1) is 0 Å². The van der Waals surface area contributed by atoms with E-state index in [0.29, 0.717) is 39.8 Å². The van der Waals surface area contributed by atoms with Crippen LogP contribution in [0, 0.1) is 20.8 Å². The molecule has 0 saturated heterocycles. The molecule has 0 aliphatic carbocycles. The molecule has 2 aromatic carbocycles. The Hall–Kier alpha value is -4.20. The normalized spacial score (nSPS) is 10.8. The van der Waals surface area contributed by atoms with Crippen molar-refractivity contribution in [2.75, 3.05) is 26.6 Å². The van der Waals surface area contributed by atoms with Gasteiger partial charge in [-0.3, -0.25) is 14.6 Å². The maximum absolute atomic E-state index is 12.8. The number of carbonyl (C=O) groups excluding carboxylic acids is 2. The minimum atomic E-state index is -0.359. The maximum atomic E-state index is 12.8. The summed E-state index contributed by atoms with van der Waals surface area (Å²) in [4.78, 5) is 34.2. The zero-order valence-electron chi connectivity index (χ0n) is 20.1. The molecule has 1 aromatic heterocycles. The molecular formula is C26H27N3O5. The first kappa shape index (κ1) is 24.4. The Bertz CT molecular complexity index is 1230. The number of hydrogen-bond donors (Lipinski definition) is 1. The van der Waals surface area contributed by atoms with Gasteiger partial charge in [-0.2, -0.15) is 0 Å². The van der Waals surface area contributed by atoms with Crippen LogP contribution in [-0.4, -0.2) is 43.0 Å². The molecule has 8 heteroatoms. The van der Waals surface area contributed by atoms with Crippen LogP contribution >= 0.6 is 0 Å². The number of aryl methyl sites for hydroxylation is 3. The molecule has 8 nitrogen and oxygen atoms in total. The highest BCUT2D eigenvalue weighted by molar-refractivity contribution is 6.08. The van der Waals surface area contributed by atoms with E-state index in [1.807, 2.05) is 20.8 Å². The maximum Gasteiger partial charge on any atom is 0.255 e. The summed E-state index contributed by atoms with van der Waals surface area (Å²) < 4.78 is 15.9. The summed E-state index contributed by atoms with van der Waals surface area (Å²) in [6.07, 6.45) is 3.13. The SMILES string of the molecule is COc1cc(C(=O)Nc2ccc(C(=O)/C=C/c3nc(C)c(C)nc3C)cc2)cc(OC)c1OC. The number of amides is 1. The molecule has 0 atom stereocenters. The van der Waals surface area contributed by atoms with E-state index in [9.17, 15) is 9.59 Å². The first-order chi connectivity index (χ1) is 16.3. The first-order valence-corrected chi connectivity index (χ1v) is 10.5. The largest absolute Gasteiger partial charge is 0.493 e. The van der Waals surface area contributed by atoms with Gasteiger partial charge in [-0.1, -0.05) is 0 Å². The zero-order chi connectivity index (χ0) is 24.8. The van der Waals surface area contributed by atoms with Gasteiger partial charge in [0.15, 0.2) is 17.3 Å². The number of allylic oxidation sites excluding steroid dienone is 1. The van der Waals surface area contributed by atoms with Gasteiger partial charge in [0, 0.05) is 16.8 Å². The number of rotatable bonds is 8. The van der Waals surface area contributed by atoms with Crippen LogP contribution in [0.1, 0.15) is 43.5 Å². The molecule has 0 aliphatic heterocycles. The summed E-state index contributed by atoms with van der Waals surface area (Å²) in [5, 5.41) is 2.80. The Morgan fingerprint density at radius 2 is 1.38 bits per heavy atom. The van der Waals surface area contributed by atoms with Crippen molar-refractivity contribution in [1.82, 2.24) is 9.97 Å². The third kappa shape index (κ3) is 5.40. The predicted octanol–water partition coefficient (Wildman–Crippen LogP) is 4.58. The second kappa shape index (κ2) is 10.6. The standard InChI is InChI=1S/C26H27N3O5/c1-15-16(2)28-21(17(3)27-15)11-12-22(30)18-7-9-20(10-8-18)29-26(31)19-13-23(32-4)25(34-6)24(14-19)33-5/h7-14H,1-6H3,(H,29,31)/b12-11+. The molecule has 0 radical (unpaired) electrons. The van der Waals surface area contributed by atoms with Gasteiger partial charge in [0.2, 0.25) is 5.75 Å². The number of nitrogens with one attached hydrogen (secondary N) is 1. The Balaban J connectivity index is 1.73. The van der Waals surface area contributed by atoms with Crippen molar-refractivity contribution in [3.8, 4) is 17.2 Å². The van der Waals surface area contributed by atoms with Gasteiger partial charge >= 0.3 is 0 Å². The number of carbonyl (C=O) groups is 2. The van der Waals surface area contributed by atoms with Crippen molar-refractivity contribution in [1.29, 1.82) is 0 Å². The molecule has 0 bridgehead atoms. The Morgan fingerprint density at radius 3 is 1.94 bits per heavy atom. The summed E-state index contributed by atoms with van der Waals surface area (Å²) in [6, 6.07) is 9.76. The first-order valence-electron chi connectivity index (χ1n) is 10.5. The van der Waals surface area contributed by atoms with E-state index in [4.69, 9.17) is 14.2 Å². The van der Waals surface area contributed by atoms with Crippen LogP contribution in [0.15, 0.2) is 42.5 Å². The minimum Gasteiger partial charge on any atom is -0.493 e. The molecule has 0 saturated carbocycles. The van der Waals surface area contributed by atoms with Gasteiger partial charge in [0.05, 0.1) is 44.1 Å². The molecule has 3 aromatic rings. The molecule has 0 fully saturated rings. The Morgan fingerprint density at radius 1 is 0.794 bits per heavy atom. The summed E-state index contributed by atoms with van der Waals surface area (Å²) >= 11 is 0. The number of aromatic nitrogens is 2. The Labute approximate surface area is 198 Å². The van der Waals surface area contributed by atoms with Crippen LogP contribution in [0.5, 0.6) is 17.2 Å². The average Bonchev–Trinajstić information content (AvgIpc) is 2.84. The predicted molar refractivity (Wildman–Crippen MR) is 130 cm³/mol.